The molecule has 0 aliphatic heterocycles. The molecule has 3 rings (SSSR count). The molecule has 0 atom stereocenters. The van der Waals surface area contributed by atoms with Crippen molar-refractivity contribution in [3.63, 3.8) is 0 Å². The van der Waals surface area contributed by atoms with Gasteiger partial charge in [0.15, 0.2) is 5.13 Å². The molecule has 0 spiro atoms. The van der Waals surface area contributed by atoms with Gasteiger partial charge in [0, 0.05) is 30.7 Å². The molecule has 2 aromatic heterocycles. The number of aryl methyl sites for hydroxylation is 1. The van der Waals surface area contributed by atoms with Gasteiger partial charge in [-0.25, -0.2) is 4.98 Å². The fourth-order valence-corrected chi connectivity index (χ4v) is 3.54. The number of anilines is 2. The first kappa shape index (κ1) is 17.9. The van der Waals surface area contributed by atoms with Crippen LogP contribution in [0.1, 0.15) is 35.6 Å². The lowest BCUT2D eigenvalue weighted by Crippen LogP contribution is -2.13. The van der Waals surface area contributed by atoms with Gasteiger partial charge < -0.3 is 15.2 Å². The average molecular weight is 368 g/mol. The van der Waals surface area contributed by atoms with Crippen molar-refractivity contribution in [1.82, 2.24) is 9.55 Å². The van der Waals surface area contributed by atoms with Crippen LogP contribution in [0.15, 0.2) is 48.8 Å². The molecule has 0 fully saturated rings. The molecule has 0 aliphatic rings. The van der Waals surface area contributed by atoms with E-state index in [1.165, 1.54) is 18.3 Å². The van der Waals surface area contributed by atoms with E-state index in [-0.39, 0.29) is 11.8 Å². The highest BCUT2D eigenvalue weighted by molar-refractivity contribution is 7.16. The number of hydrogen-bond donors (Lipinski definition) is 2. The molecule has 0 saturated heterocycles. The van der Waals surface area contributed by atoms with Gasteiger partial charge in [0.25, 0.3) is 5.91 Å². The molecule has 134 valence electrons. The third kappa shape index (κ3) is 4.18. The summed E-state index contributed by atoms with van der Waals surface area (Å²) in [6.07, 6.45) is 5.47. The largest absolute Gasteiger partial charge is 0.326 e. The number of nitrogens with one attached hydrogen (secondary N) is 2. The molecule has 3 aromatic rings. The minimum atomic E-state index is -0.190. The summed E-state index contributed by atoms with van der Waals surface area (Å²) in [5.41, 5.74) is 2.07. The van der Waals surface area contributed by atoms with E-state index in [1.54, 1.807) is 24.3 Å². The fourth-order valence-electron chi connectivity index (χ4n) is 2.56. The first-order valence-electron chi connectivity index (χ1n) is 8.39. The maximum atomic E-state index is 12.8. The zero-order valence-corrected chi connectivity index (χ0v) is 15.5. The normalized spacial score (nSPS) is 10.5. The standard InChI is InChI=1S/C19H20N4O2S/c1-3-7-16-17(26-19(22-16)23-10-4-5-11-23)18(25)21-15-9-6-8-14(12-15)20-13(2)24/h4-6,8-12H,3,7H2,1-2H3,(H,20,24)(H,21,25). The van der Waals surface area contributed by atoms with Crippen LogP contribution in [0.25, 0.3) is 5.13 Å². The second-order valence-corrected chi connectivity index (χ2v) is 6.81. The predicted octanol–water partition coefficient (Wildman–Crippen LogP) is 4.10. The van der Waals surface area contributed by atoms with E-state index < -0.39 is 0 Å². The van der Waals surface area contributed by atoms with Crippen molar-refractivity contribution < 1.29 is 9.59 Å². The van der Waals surface area contributed by atoms with Crippen molar-refractivity contribution in [2.75, 3.05) is 10.6 Å². The Balaban J connectivity index is 1.84. The highest BCUT2D eigenvalue weighted by Crippen LogP contribution is 2.25. The van der Waals surface area contributed by atoms with Gasteiger partial charge in [-0.2, -0.15) is 0 Å². The van der Waals surface area contributed by atoms with Gasteiger partial charge in [-0.15, -0.1) is 0 Å². The van der Waals surface area contributed by atoms with E-state index in [9.17, 15) is 9.59 Å². The number of nitrogens with zero attached hydrogens (tertiary/aromatic N) is 2. The number of thiazole rings is 1. The van der Waals surface area contributed by atoms with Gasteiger partial charge in [-0.3, -0.25) is 9.59 Å². The van der Waals surface area contributed by atoms with Gasteiger partial charge in [-0.05, 0) is 36.8 Å². The van der Waals surface area contributed by atoms with E-state index in [2.05, 4.69) is 22.5 Å². The highest BCUT2D eigenvalue weighted by atomic mass is 32.1. The predicted molar refractivity (Wildman–Crippen MR) is 104 cm³/mol. The molecule has 0 saturated carbocycles. The zero-order valence-electron chi connectivity index (χ0n) is 14.7. The lowest BCUT2D eigenvalue weighted by molar-refractivity contribution is -0.114. The summed E-state index contributed by atoms with van der Waals surface area (Å²) in [6, 6.07) is 10.9. The minimum absolute atomic E-state index is 0.155. The number of rotatable bonds is 6. The molecule has 0 bridgehead atoms. The number of carbonyl (C=O) groups excluding carboxylic acids is 2. The Hall–Kier alpha value is -2.93. The quantitative estimate of drug-likeness (QED) is 0.688. The summed E-state index contributed by atoms with van der Waals surface area (Å²) in [5, 5.41) is 6.38. The van der Waals surface area contributed by atoms with Crippen LogP contribution in [0.2, 0.25) is 0 Å². The van der Waals surface area contributed by atoms with Gasteiger partial charge in [0.2, 0.25) is 5.91 Å². The Morgan fingerprint density at radius 2 is 1.81 bits per heavy atom. The van der Waals surface area contributed by atoms with E-state index in [4.69, 9.17) is 0 Å². The molecule has 2 amide bonds. The molecule has 0 aliphatic carbocycles. The molecule has 0 unspecified atom stereocenters. The molecule has 26 heavy (non-hydrogen) atoms. The number of aromatic nitrogens is 2. The van der Waals surface area contributed by atoms with Crippen LogP contribution in [0, 0.1) is 0 Å². The Morgan fingerprint density at radius 3 is 2.46 bits per heavy atom. The van der Waals surface area contributed by atoms with Crippen LogP contribution >= 0.6 is 11.3 Å². The van der Waals surface area contributed by atoms with Crippen molar-refractivity contribution in [3.8, 4) is 5.13 Å². The van der Waals surface area contributed by atoms with Crippen molar-refractivity contribution in [3.05, 3.63) is 59.4 Å². The first-order valence-corrected chi connectivity index (χ1v) is 9.20. The van der Waals surface area contributed by atoms with Crippen LogP contribution in [0.5, 0.6) is 0 Å². The van der Waals surface area contributed by atoms with Crippen LogP contribution in [0.3, 0.4) is 0 Å². The number of hydrogen-bond acceptors (Lipinski definition) is 4. The number of amides is 2. The Bertz CT molecular complexity index is 916. The maximum Gasteiger partial charge on any atom is 0.267 e. The molecule has 7 heteroatoms. The summed E-state index contributed by atoms with van der Waals surface area (Å²) >= 11 is 1.37. The summed E-state index contributed by atoms with van der Waals surface area (Å²) in [4.78, 5) is 29.2. The van der Waals surface area contributed by atoms with E-state index in [0.29, 0.717) is 16.3 Å². The molecule has 0 radical (unpaired) electrons. The van der Waals surface area contributed by atoms with Crippen molar-refractivity contribution in [2.24, 2.45) is 0 Å². The van der Waals surface area contributed by atoms with Crippen molar-refractivity contribution >= 4 is 34.5 Å². The van der Waals surface area contributed by atoms with Crippen molar-refractivity contribution in [2.45, 2.75) is 26.7 Å². The highest BCUT2D eigenvalue weighted by Gasteiger charge is 2.18. The SMILES string of the molecule is CCCc1nc(-n2cccc2)sc1C(=O)Nc1cccc(NC(C)=O)c1. The van der Waals surface area contributed by atoms with Crippen LogP contribution < -0.4 is 10.6 Å². The molecule has 2 N–H and O–H groups in total. The smallest absolute Gasteiger partial charge is 0.267 e. The van der Waals surface area contributed by atoms with Crippen LogP contribution in [-0.2, 0) is 11.2 Å². The maximum absolute atomic E-state index is 12.8. The van der Waals surface area contributed by atoms with E-state index in [1.807, 2.05) is 29.1 Å². The lowest BCUT2D eigenvalue weighted by atomic mass is 10.2. The summed E-state index contributed by atoms with van der Waals surface area (Å²) in [6.45, 7) is 3.51. The monoisotopic (exact) mass is 368 g/mol. The average Bonchev–Trinajstić information content (AvgIpc) is 3.24. The van der Waals surface area contributed by atoms with Crippen molar-refractivity contribution in [1.29, 1.82) is 0 Å². The second kappa shape index (κ2) is 7.97. The van der Waals surface area contributed by atoms with Crippen LogP contribution in [0.4, 0.5) is 11.4 Å². The summed E-state index contributed by atoms with van der Waals surface area (Å²) < 4.78 is 1.90. The zero-order chi connectivity index (χ0) is 18.5. The minimum Gasteiger partial charge on any atom is -0.326 e. The molecule has 1 aromatic carbocycles. The molecular formula is C19H20N4O2S. The third-order valence-electron chi connectivity index (χ3n) is 3.65. The Morgan fingerprint density at radius 1 is 1.12 bits per heavy atom. The summed E-state index contributed by atoms with van der Waals surface area (Å²) in [7, 11) is 0. The van der Waals surface area contributed by atoms with Gasteiger partial charge >= 0.3 is 0 Å². The Labute approximate surface area is 155 Å². The fraction of sp³-hybridized carbons (Fsp3) is 0.211. The van der Waals surface area contributed by atoms with Gasteiger partial charge in [-0.1, -0.05) is 30.7 Å². The van der Waals surface area contributed by atoms with Gasteiger partial charge in [0.1, 0.15) is 4.88 Å². The van der Waals surface area contributed by atoms with Gasteiger partial charge in [0.05, 0.1) is 5.69 Å². The summed E-state index contributed by atoms with van der Waals surface area (Å²) in [5.74, 6) is -0.345. The van der Waals surface area contributed by atoms with E-state index >= 15 is 0 Å². The Kier molecular flexibility index (Phi) is 5.48. The molecular weight excluding hydrogens is 348 g/mol. The number of benzene rings is 1. The first-order chi connectivity index (χ1) is 12.6. The second-order valence-electron chi connectivity index (χ2n) is 5.83. The van der Waals surface area contributed by atoms with E-state index in [0.717, 1.165) is 23.7 Å². The topological polar surface area (TPSA) is 76.0 Å². The lowest BCUT2D eigenvalue weighted by Gasteiger charge is -2.07. The third-order valence-corrected chi connectivity index (χ3v) is 4.76. The molecule has 6 nitrogen and oxygen atoms in total. The van der Waals surface area contributed by atoms with Crippen LogP contribution in [-0.4, -0.2) is 21.4 Å². The number of carbonyl (C=O) groups is 2. The molecule has 2 heterocycles.